The number of carbonyl (C=O) groups is 1. The topological polar surface area (TPSA) is 59.6 Å². The summed E-state index contributed by atoms with van der Waals surface area (Å²) in [7, 11) is 0. The molecule has 0 saturated carbocycles. The van der Waals surface area contributed by atoms with Gasteiger partial charge in [-0.25, -0.2) is 4.79 Å². The lowest BCUT2D eigenvalue weighted by Crippen LogP contribution is -2.37. The third-order valence-corrected chi connectivity index (χ3v) is 3.40. The highest BCUT2D eigenvalue weighted by atomic mass is 16.6. The van der Waals surface area contributed by atoms with Gasteiger partial charge in [-0.15, -0.1) is 0 Å². The van der Waals surface area contributed by atoms with E-state index >= 15 is 0 Å². The molecule has 1 heterocycles. The average molecular weight is 306 g/mol. The molecule has 22 heavy (non-hydrogen) atoms. The molecule has 1 aliphatic heterocycles. The van der Waals surface area contributed by atoms with Crippen molar-refractivity contribution in [1.82, 2.24) is 5.32 Å². The molecule has 2 N–H and O–H groups in total. The van der Waals surface area contributed by atoms with Gasteiger partial charge in [0.15, 0.2) is 0 Å². The molecule has 5 nitrogen and oxygen atoms in total. The van der Waals surface area contributed by atoms with Crippen LogP contribution in [0.2, 0.25) is 0 Å². The zero-order valence-electron chi connectivity index (χ0n) is 13.9. The molecule has 1 amide bonds. The molecule has 2 rings (SSSR count). The highest BCUT2D eigenvalue weighted by molar-refractivity contribution is 5.86. The monoisotopic (exact) mass is 306 g/mol. The Morgan fingerprint density at radius 3 is 2.77 bits per heavy atom. The Morgan fingerprint density at radius 1 is 1.36 bits per heavy atom. The van der Waals surface area contributed by atoms with Crippen LogP contribution in [-0.4, -0.2) is 30.9 Å². The molecule has 0 aromatic heterocycles. The maximum Gasteiger partial charge on any atom is 0.412 e. The number of benzene rings is 1. The smallest absolute Gasteiger partial charge is 0.412 e. The predicted octanol–water partition coefficient (Wildman–Crippen LogP) is 3.47. The van der Waals surface area contributed by atoms with E-state index in [-0.39, 0.29) is 6.10 Å². The Balaban J connectivity index is 2.01. The van der Waals surface area contributed by atoms with Crippen LogP contribution >= 0.6 is 0 Å². The molecule has 1 fully saturated rings. The van der Waals surface area contributed by atoms with Crippen molar-refractivity contribution in [2.24, 2.45) is 0 Å². The van der Waals surface area contributed by atoms with Gasteiger partial charge in [-0.05, 0) is 58.7 Å². The van der Waals surface area contributed by atoms with E-state index < -0.39 is 11.7 Å². The number of hydrogen-bond donors (Lipinski definition) is 2. The first-order valence-electron chi connectivity index (χ1n) is 7.81. The number of ether oxygens (including phenoxy) is 2. The quantitative estimate of drug-likeness (QED) is 0.897. The molecule has 1 unspecified atom stereocenters. The standard InChI is InChI=1S/C17H26N2O3/c1-12-7-8-13(21-14-6-5-9-18-11-14)10-15(12)19-16(20)22-17(2,3)4/h7-8,10,14,18H,5-6,9,11H2,1-4H3,(H,19,20). The number of nitrogens with one attached hydrogen (secondary N) is 2. The number of carbonyl (C=O) groups excluding carboxylic acids is 1. The summed E-state index contributed by atoms with van der Waals surface area (Å²) in [5.74, 6) is 0.769. The van der Waals surface area contributed by atoms with Crippen LogP contribution in [0.25, 0.3) is 0 Å². The van der Waals surface area contributed by atoms with Gasteiger partial charge in [0.05, 0.1) is 5.69 Å². The molecule has 1 atom stereocenters. The van der Waals surface area contributed by atoms with Gasteiger partial charge in [0.25, 0.3) is 0 Å². The second-order valence-corrected chi connectivity index (χ2v) is 6.69. The highest BCUT2D eigenvalue weighted by Gasteiger charge is 2.18. The van der Waals surface area contributed by atoms with Crippen LogP contribution in [0, 0.1) is 6.92 Å². The van der Waals surface area contributed by atoms with Crippen LogP contribution in [0.1, 0.15) is 39.2 Å². The Morgan fingerprint density at radius 2 is 2.14 bits per heavy atom. The van der Waals surface area contributed by atoms with Gasteiger partial charge in [0, 0.05) is 12.6 Å². The van der Waals surface area contributed by atoms with E-state index in [1.165, 1.54) is 0 Å². The van der Waals surface area contributed by atoms with Gasteiger partial charge in [-0.1, -0.05) is 6.07 Å². The van der Waals surface area contributed by atoms with Crippen LogP contribution < -0.4 is 15.4 Å². The molecule has 1 aromatic rings. The van der Waals surface area contributed by atoms with Gasteiger partial charge in [-0.3, -0.25) is 5.32 Å². The van der Waals surface area contributed by atoms with E-state index in [0.717, 1.165) is 42.9 Å². The molecule has 1 saturated heterocycles. The predicted molar refractivity (Wildman–Crippen MR) is 87.6 cm³/mol. The van der Waals surface area contributed by atoms with Gasteiger partial charge < -0.3 is 14.8 Å². The van der Waals surface area contributed by atoms with Crippen molar-refractivity contribution in [1.29, 1.82) is 0 Å². The molecule has 0 radical (unpaired) electrons. The summed E-state index contributed by atoms with van der Waals surface area (Å²) in [6.07, 6.45) is 1.91. The first-order valence-corrected chi connectivity index (χ1v) is 7.81. The minimum Gasteiger partial charge on any atom is -0.489 e. The fourth-order valence-electron chi connectivity index (χ4n) is 2.34. The maximum absolute atomic E-state index is 11.9. The molecular weight excluding hydrogens is 280 g/mol. The minimum atomic E-state index is -0.514. The second kappa shape index (κ2) is 7.01. The Kier molecular flexibility index (Phi) is 5.29. The molecule has 0 spiro atoms. The number of aryl methyl sites for hydroxylation is 1. The molecule has 0 bridgehead atoms. The van der Waals surface area contributed by atoms with Crippen LogP contribution in [0.15, 0.2) is 18.2 Å². The van der Waals surface area contributed by atoms with Crippen LogP contribution in [-0.2, 0) is 4.74 Å². The number of rotatable bonds is 3. The summed E-state index contributed by atoms with van der Waals surface area (Å²) in [6.45, 7) is 9.39. The Labute approximate surface area is 132 Å². The van der Waals surface area contributed by atoms with Gasteiger partial charge in [-0.2, -0.15) is 0 Å². The third-order valence-electron chi connectivity index (χ3n) is 3.40. The molecule has 1 aliphatic rings. The lowest BCUT2D eigenvalue weighted by molar-refractivity contribution is 0.0636. The summed E-state index contributed by atoms with van der Waals surface area (Å²) in [6, 6.07) is 5.73. The second-order valence-electron chi connectivity index (χ2n) is 6.69. The van der Waals surface area contributed by atoms with Gasteiger partial charge in [0.2, 0.25) is 0 Å². The Bertz CT molecular complexity index is 517. The molecule has 5 heteroatoms. The number of anilines is 1. The summed E-state index contributed by atoms with van der Waals surface area (Å²) >= 11 is 0. The normalized spacial score (nSPS) is 18.6. The summed E-state index contributed by atoms with van der Waals surface area (Å²) < 4.78 is 11.3. The van der Waals surface area contributed by atoms with Crippen molar-refractivity contribution < 1.29 is 14.3 Å². The van der Waals surface area contributed by atoms with Crippen LogP contribution in [0.3, 0.4) is 0 Å². The van der Waals surface area contributed by atoms with Gasteiger partial charge >= 0.3 is 6.09 Å². The minimum absolute atomic E-state index is 0.186. The van der Waals surface area contributed by atoms with E-state index in [1.54, 1.807) is 0 Å². The SMILES string of the molecule is Cc1ccc(OC2CCCNC2)cc1NC(=O)OC(C)(C)C. The molecule has 1 aromatic carbocycles. The summed E-state index contributed by atoms with van der Waals surface area (Å²) in [5, 5.41) is 6.11. The molecular formula is C17H26N2O3. The first-order chi connectivity index (χ1) is 10.3. The van der Waals surface area contributed by atoms with Crippen molar-refractivity contribution in [2.45, 2.75) is 52.2 Å². The van der Waals surface area contributed by atoms with Crippen molar-refractivity contribution in [3.8, 4) is 5.75 Å². The third kappa shape index (κ3) is 5.22. The Hall–Kier alpha value is -1.75. The fraction of sp³-hybridized carbons (Fsp3) is 0.588. The zero-order chi connectivity index (χ0) is 16.2. The molecule has 0 aliphatic carbocycles. The number of amides is 1. The molecule has 122 valence electrons. The maximum atomic E-state index is 11.9. The van der Waals surface area contributed by atoms with E-state index in [4.69, 9.17) is 9.47 Å². The number of hydrogen-bond acceptors (Lipinski definition) is 4. The summed E-state index contributed by atoms with van der Waals surface area (Å²) in [5.41, 5.74) is 1.18. The number of piperidine rings is 1. The van der Waals surface area contributed by atoms with E-state index in [9.17, 15) is 4.79 Å². The highest BCUT2D eigenvalue weighted by Crippen LogP contribution is 2.24. The average Bonchev–Trinajstić information content (AvgIpc) is 2.41. The fourth-order valence-corrected chi connectivity index (χ4v) is 2.34. The van der Waals surface area contributed by atoms with E-state index in [2.05, 4.69) is 10.6 Å². The largest absolute Gasteiger partial charge is 0.489 e. The lowest BCUT2D eigenvalue weighted by Gasteiger charge is -2.24. The first kappa shape index (κ1) is 16.6. The van der Waals surface area contributed by atoms with Crippen molar-refractivity contribution in [3.05, 3.63) is 23.8 Å². The summed E-state index contributed by atoms with van der Waals surface area (Å²) in [4.78, 5) is 11.9. The lowest BCUT2D eigenvalue weighted by atomic mass is 10.1. The van der Waals surface area contributed by atoms with E-state index in [1.807, 2.05) is 45.9 Å². The van der Waals surface area contributed by atoms with E-state index in [0.29, 0.717) is 0 Å². The van der Waals surface area contributed by atoms with Crippen molar-refractivity contribution >= 4 is 11.8 Å². The zero-order valence-corrected chi connectivity index (χ0v) is 13.9. The van der Waals surface area contributed by atoms with Crippen LogP contribution in [0.5, 0.6) is 5.75 Å². The van der Waals surface area contributed by atoms with Gasteiger partial charge in [0.1, 0.15) is 17.5 Å². The van der Waals surface area contributed by atoms with Crippen LogP contribution in [0.4, 0.5) is 10.5 Å². The van der Waals surface area contributed by atoms with Crippen molar-refractivity contribution in [2.75, 3.05) is 18.4 Å². The van der Waals surface area contributed by atoms with Crippen molar-refractivity contribution in [3.63, 3.8) is 0 Å².